The Kier molecular flexibility index (Phi) is 5.90. The molecule has 5 rings (SSSR count). The van der Waals surface area contributed by atoms with Crippen LogP contribution in [0.3, 0.4) is 0 Å². The van der Waals surface area contributed by atoms with Crippen LogP contribution in [-0.2, 0) is 12.8 Å². The molecule has 174 valence electrons. The predicted molar refractivity (Wildman–Crippen MR) is 131 cm³/mol. The van der Waals surface area contributed by atoms with Crippen molar-refractivity contribution in [2.45, 2.75) is 52.5 Å². The van der Waals surface area contributed by atoms with Crippen LogP contribution in [-0.4, -0.2) is 31.9 Å². The third-order valence-corrected chi connectivity index (χ3v) is 6.76. The Morgan fingerprint density at radius 1 is 1.15 bits per heavy atom. The maximum absolute atomic E-state index is 14.7. The number of nitrogens with zero attached hydrogens (tertiary/aromatic N) is 4. The number of rotatable bonds is 5. The number of unbranched alkanes of at least 4 members (excludes halogenated alkanes) is 1. The summed E-state index contributed by atoms with van der Waals surface area (Å²) >= 11 is 0. The lowest BCUT2D eigenvalue weighted by molar-refractivity contribution is 0.0671. The molecule has 0 N–H and O–H groups in total. The van der Waals surface area contributed by atoms with Gasteiger partial charge in [-0.1, -0.05) is 43.7 Å². The van der Waals surface area contributed by atoms with E-state index in [1.165, 1.54) is 17.2 Å². The fourth-order valence-corrected chi connectivity index (χ4v) is 4.84. The molecule has 0 saturated carbocycles. The first-order valence-corrected chi connectivity index (χ1v) is 12.0. The van der Waals surface area contributed by atoms with E-state index in [9.17, 15) is 9.18 Å². The highest BCUT2D eigenvalue weighted by Crippen LogP contribution is 2.31. The summed E-state index contributed by atoms with van der Waals surface area (Å²) in [7, 11) is 0. The van der Waals surface area contributed by atoms with Gasteiger partial charge in [-0.2, -0.15) is 5.10 Å². The van der Waals surface area contributed by atoms with Crippen molar-refractivity contribution in [1.29, 1.82) is 0 Å². The van der Waals surface area contributed by atoms with Crippen LogP contribution in [0.1, 0.15) is 65.6 Å². The molecule has 0 radical (unpaired) electrons. The summed E-state index contributed by atoms with van der Waals surface area (Å²) in [5.41, 5.74) is 6.20. The number of benzene rings is 2. The van der Waals surface area contributed by atoms with Crippen LogP contribution in [0, 0.1) is 12.7 Å². The molecule has 2 aromatic carbocycles. The molecule has 4 aromatic rings. The van der Waals surface area contributed by atoms with Gasteiger partial charge >= 0.3 is 0 Å². The molecule has 2 aromatic heterocycles. The molecule has 6 heteroatoms. The van der Waals surface area contributed by atoms with Crippen molar-refractivity contribution >= 4 is 11.6 Å². The molecule has 1 aliphatic rings. The first-order chi connectivity index (χ1) is 16.5. The lowest BCUT2D eigenvalue weighted by Gasteiger charge is -2.35. The summed E-state index contributed by atoms with van der Waals surface area (Å²) in [6.45, 7) is 6.73. The van der Waals surface area contributed by atoms with E-state index in [1.54, 1.807) is 16.6 Å². The minimum Gasteiger partial charge on any atom is -0.330 e. The molecule has 1 unspecified atom stereocenters. The van der Waals surface area contributed by atoms with Crippen LogP contribution >= 0.6 is 0 Å². The van der Waals surface area contributed by atoms with Gasteiger partial charge in [0.15, 0.2) is 5.65 Å². The summed E-state index contributed by atoms with van der Waals surface area (Å²) in [5.74, 6) is -0.387. The second-order valence-corrected chi connectivity index (χ2v) is 9.14. The Hall–Kier alpha value is -3.54. The largest absolute Gasteiger partial charge is 0.330 e. The summed E-state index contributed by atoms with van der Waals surface area (Å²) in [6, 6.07) is 17.1. The van der Waals surface area contributed by atoms with Gasteiger partial charge in [-0.05, 0) is 68.0 Å². The van der Waals surface area contributed by atoms with Crippen molar-refractivity contribution in [2.24, 2.45) is 0 Å². The van der Waals surface area contributed by atoms with E-state index >= 15 is 0 Å². The summed E-state index contributed by atoms with van der Waals surface area (Å²) in [5, 5.41) is 4.67. The molecule has 0 spiro atoms. The van der Waals surface area contributed by atoms with Gasteiger partial charge in [0.2, 0.25) is 0 Å². The quantitative estimate of drug-likeness (QED) is 0.373. The molecule has 34 heavy (non-hydrogen) atoms. The van der Waals surface area contributed by atoms with Crippen molar-refractivity contribution in [2.75, 3.05) is 6.54 Å². The van der Waals surface area contributed by atoms with Crippen LogP contribution in [0.4, 0.5) is 4.39 Å². The first kappa shape index (κ1) is 22.3. The highest BCUT2D eigenvalue weighted by molar-refractivity contribution is 5.93. The van der Waals surface area contributed by atoms with Crippen molar-refractivity contribution in [3.05, 3.63) is 88.5 Å². The Morgan fingerprint density at radius 2 is 1.97 bits per heavy atom. The van der Waals surface area contributed by atoms with Gasteiger partial charge in [-0.15, -0.1) is 0 Å². The molecule has 1 amide bonds. The monoisotopic (exact) mass is 456 g/mol. The highest BCUT2D eigenvalue weighted by atomic mass is 19.1. The number of carbonyl (C=O) groups is 1. The number of carbonyl (C=O) groups excluding carboxylic acids is 1. The third-order valence-electron chi connectivity index (χ3n) is 6.76. The van der Waals surface area contributed by atoms with Crippen molar-refractivity contribution in [3.63, 3.8) is 0 Å². The Bertz CT molecular complexity index is 1380. The zero-order valence-electron chi connectivity index (χ0n) is 19.9. The van der Waals surface area contributed by atoms with Crippen molar-refractivity contribution in [3.8, 4) is 11.3 Å². The number of aryl methyl sites for hydroxylation is 2. The molecule has 3 heterocycles. The zero-order valence-corrected chi connectivity index (χ0v) is 19.9. The molecule has 1 aliphatic heterocycles. The van der Waals surface area contributed by atoms with E-state index in [2.05, 4.69) is 36.1 Å². The average Bonchev–Trinajstić information content (AvgIpc) is 3.26. The van der Waals surface area contributed by atoms with E-state index in [0.717, 1.165) is 36.9 Å². The average molecular weight is 457 g/mol. The van der Waals surface area contributed by atoms with Crippen LogP contribution in [0.5, 0.6) is 0 Å². The molecule has 0 bridgehead atoms. The van der Waals surface area contributed by atoms with Gasteiger partial charge in [-0.3, -0.25) is 4.79 Å². The van der Waals surface area contributed by atoms with Gasteiger partial charge in [-0.25, -0.2) is 13.9 Å². The number of fused-ring (bicyclic) bond motifs is 2. The number of aromatic nitrogens is 3. The topological polar surface area (TPSA) is 50.5 Å². The smallest absolute Gasteiger partial charge is 0.273 e. The summed E-state index contributed by atoms with van der Waals surface area (Å²) in [4.78, 5) is 20.2. The van der Waals surface area contributed by atoms with Crippen LogP contribution in [0.25, 0.3) is 16.9 Å². The lowest BCUT2D eigenvalue weighted by Crippen LogP contribution is -2.39. The zero-order chi connectivity index (χ0) is 23.8. The Labute approximate surface area is 199 Å². The Balaban J connectivity index is 1.55. The van der Waals surface area contributed by atoms with Crippen molar-refractivity contribution < 1.29 is 9.18 Å². The number of hydrogen-bond acceptors (Lipinski definition) is 3. The number of hydrogen-bond donors (Lipinski definition) is 0. The predicted octanol–water partition coefficient (Wildman–Crippen LogP) is 5.95. The fourth-order valence-electron chi connectivity index (χ4n) is 4.84. The van der Waals surface area contributed by atoms with E-state index < -0.39 is 0 Å². The first-order valence-electron chi connectivity index (χ1n) is 12.0. The lowest BCUT2D eigenvalue weighted by atomic mass is 9.93. The number of halogens is 1. The van der Waals surface area contributed by atoms with E-state index in [1.807, 2.05) is 36.1 Å². The van der Waals surface area contributed by atoms with Gasteiger partial charge in [0, 0.05) is 23.9 Å². The minimum atomic E-state index is -0.310. The van der Waals surface area contributed by atoms with Crippen LogP contribution < -0.4 is 0 Å². The third kappa shape index (κ3) is 3.98. The van der Waals surface area contributed by atoms with Gasteiger partial charge in [0.25, 0.3) is 5.91 Å². The molecular weight excluding hydrogens is 427 g/mol. The molecule has 0 fully saturated rings. The van der Waals surface area contributed by atoms with E-state index in [-0.39, 0.29) is 17.8 Å². The minimum absolute atomic E-state index is 0.0169. The maximum Gasteiger partial charge on any atom is 0.273 e. The van der Waals surface area contributed by atoms with Gasteiger partial charge in [0.05, 0.1) is 11.7 Å². The summed E-state index contributed by atoms with van der Waals surface area (Å²) < 4.78 is 16.4. The molecule has 5 nitrogen and oxygen atoms in total. The second-order valence-electron chi connectivity index (χ2n) is 9.14. The molecular formula is C28H29FN4O. The SMILES string of the molecule is CCCCc1cc(C(=O)N2CCc3ccccc3C2C)nc2cc(-c3ccc(C)cc3F)nn12. The maximum atomic E-state index is 14.7. The second kappa shape index (κ2) is 9.01. The number of amides is 1. The van der Waals surface area contributed by atoms with E-state index in [0.29, 0.717) is 29.1 Å². The molecule has 1 atom stereocenters. The summed E-state index contributed by atoms with van der Waals surface area (Å²) in [6.07, 6.45) is 3.59. The standard InChI is InChI=1S/C28H29FN4O/c1-4-5-9-21-16-26(28(34)32-14-13-20-8-6-7-10-22(20)19(32)3)30-27-17-25(31-33(21)27)23-12-11-18(2)15-24(23)29/h6-8,10-12,15-17,19H,4-5,9,13-14H2,1-3H3. The normalized spacial score (nSPS) is 15.5. The van der Waals surface area contributed by atoms with Crippen LogP contribution in [0.15, 0.2) is 54.6 Å². The molecule has 0 saturated heterocycles. The van der Waals surface area contributed by atoms with Gasteiger partial charge < -0.3 is 4.90 Å². The Morgan fingerprint density at radius 3 is 2.76 bits per heavy atom. The molecule has 0 aliphatic carbocycles. The highest BCUT2D eigenvalue weighted by Gasteiger charge is 2.29. The van der Waals surface area contributed by atoms with Crippen LogP contribution in [0.2, 0.25) is 0 Å². The van der Waals surface area contributed by atoms with E-state index in [4.69, 9.17) is 0 Å². The fraction of sp³-hybridized carbons (Fsp3) is 0.321. The van der Waals surface area contributed by atoms with Crippen molar-refractivity contribution in [1.82, 2.24) is 19.5 Å². The van der Waals surface area contributed by atoms with Gasteiger partial charge in [0.1, 0.15) is 11.5 Å².